The van der Waals surface area contributed by atoms with Gasteiger partial charge in [-0.15, -0.1) is 0 Å². The van der Waals surface area contributed by atoms with Crippen LogP contribution in [0.5, 0.6) is 0 Å². The fourth-order valence-corrected chi connectivity index (χ4v) is 2.83. The van der Waals surface area contributed by atoms with Crippen molar-refractivity contribution in [3.8, 4) is 0 Å². The second-order valence-electron chi connectivity index (χ2n) is 5.61. The molecule has 1 aromatic rings. The number of carbonyl (C=O) groups is 2. The highest BCUT2D eigenvalue weighted by Gasteiger charge is 2.31. The van der Waals surface area contributed by atoms with E-state index in [0.717, 1.165) is 18.5 Å². The Morgan fingerprint density at radius 3 is 2.36 bits per heavy atom. The maximum Gasteiger partial charge on any atom is 0.321 e. The van der Waals surface area contributed by atoms with Gasteiger partial charge >= 0.3 is 6.03 Å². The summed E-state index contributed by atoms with van der Waals surface area (Å²) in [5.41, 5.74) is 0.783. The second-order valence-corrected chi connectivity index (χ2v) is 5.61. The van der Waals surface area contributed by atoms with E-state index in [1.54, 1.807) is 4.90 Å². The number of nitrogens with zero attached hydrogens (tertiary/aromatic N) is 2. The van der Waals surface area contributed by atoms with Crippen molar-refractivity contribution in [2.24, 2.45) is 0 Å². The van der Waals surface area contributed by atoms with Crippen molar-refractivity contribution in [2.75, 3.05) is 38.1 Å². The van der Waals surface area contributed by atoms with Gasteiger partial charge in [0, 0.05) is 38.5 Å². The normalized spacial score (nSPS) is 21.7. The van der Waals surface area contributed by atoms with E-state index in [1.807, 2.05) is 35.2 Å². The van der Waals surface area contributed by atoms with Crippen LogP contribution in [0.4, 0.5) is 10.5 Å². The summed E-state index contributed by atoms with van der Waals surface area (Å²) in [6, 6.07) is 9.27. The van der Waals surface area contributed by atoms with E-state index in [9.17, 15) is 9.59 Å². The molecule has 0 saturated carbocycles. The van der Waals surface area contributed by atoms with Crippen LogP contribution >= 0.6 is 0 Å². The van der Waals surface area contributed by atoms with Crippen LogP contribution in [0.3, 0.4) is 0 Å². The van der Waals surface area contributed by atoms with Gasteiger partial charge in [0.15, 0.2) is 0 Å². The minimum absolute atomic E-state index is 0.0700. The number of hydrogen-bond donors (Lipinski definition) is 1. The molecule has 0 aromatic heterocycles. The Kier molecular flexibility index (Phi) is 4.58. The lowest BCUT2D eigenvalue weighted by Crippen LogP contribution is -2.53. The fourth-order valence-electron chi connectivity index (χ4n) is 2.83. The summed E-state index contributed by atoms with van der Waals surface area (Å²) in [5, 5.41) is 2.87. The highest BCUT2D eigenvalue weighted by molar-refractivity contribution is 5.89. The summed E-state index contributed by atoms with van der Waals surface area (Å²) in [6.07, 6.45) is 1.49. The average Bonchev–Trinajstić information content (AvgIpc) is 3.10. The molecule has 0 radical (unpaired) electrons. The zero-order valence-corrected chi connectivity index (χ0v) is 12.5. The molecule has 22 heavy (non-hydrogen) atoms. The van der Waals surface area contributed by atoms with Gasteiger partial charge in [-0.1, -0.05) is 18.2 Å². The maximum absolute atomic E-state index is 12.2. The molecule has 1 N–H and O–H groups in total. The predicted molar refractivity (Wildman–Crippen MR) is 82.6 cm³/mol. The molecule has 118 valence electrons. The van der Waals surface area contributed by atoms with Gasteiger partial charge < -0.3 is 19.9 Å². The fraction of sp³-hybridized carbons (Fsp3) is 0.500. The average molecular weight is 303 g/mol. The van der Waals surface area contributed by atoms with Crippen LogP contribution in [-0.4, -0.2) is 60.6 Å². The number of amides is 3. The third-order valence-corrected chi connectivity index (χ3v) is 4.11. The van der Waals surface area contributed by atoms with E-state index < -0.39 is 0 Å². The number of nitrogens with one attached hydrogen (secondary N) is 1. The molecular formula is C16H21N3O3. The minimum Gasteiger partial charge on any atom is -0.368 e. The Morgan fingerprint density at radius 1 is 1.05 bits per heavy atom. The Bertz CT molecular complexity index is 521. The third-order valence-electron chi connectivity index (χ3n) is 4.11. The van der Waals surface area contributed by atoms with E-state index in [0.29, 0.717) is 32.8 Å². The molecule has 2 heterocycles. The Morgan fingerprint density at radius 2 is 1.73 bits per heavy atom. The SMILES string of the molecule is O=C(Nc1ccccc1)N1CCN(C(=O)[C@@H]2CCCO2)CC1. The van der Waals surface area contributed by atoms with Crippen molar-refractivity contribution in [2.45, 2.75) is 18.9 Å². The molecule has 0 spiro atoms. The van der Waals surface area contributed by atoms with Crippen molar-refractivity contribution in [1.29, 1.82) is 0 Å². The van der Waals surface area contributed by atoms with E-state index in [2.05, 4.69) is 5.32 Å². The molecule has 1 aromatic carbocycles. The van der Waals surface area contributed by atoms with Crippen LogP contribution in [0.1, 0.15) is 12.8 Å². The molecule has 2 aliphatic heterocycles. The summed E-state index contributed by atoms with van der Waals surface area (Å²) in [4.78, 5) is 28.0. The number of rotatable bonds is 2. The van der Waals surface area contributed by atoms with Crippen LogP contribution in [0.2, 0.25) is 0 Å². The summed E-state index contributed by atoms with van der Waals surface area (Å²) < 4.78 is 5.44. The Hall–Kier alpha value is -2.08. The van der Waals surface area contributed by atoms with Crippen LogP contribution in [-0.2, 0) is 9.53 Å². The predicted octanol–water partition coefficient (Wildman–Crippen LogP) is 1.54. The number of urea groups is 1. The molecule has 0 aliphatic carbocycles. The zero-order valence-electron chi connectivity index (χ0n) is 12.5. The molecule has 0 bridgehead atoms. The summed E-state index contributed by atoms with van der Waals surface area (Å²) in [7, 11) is 0. The highest BCUT2D eigenvalue weighted by atomic mass is 16.5. The number of carbonyl (C=O) groups excluding carboxylic acids is 2. The first-order valence-corrected chi connectivity index (χ1v) is 7.75. The molecule has 1 atom stereocenters. The van der Waals surface area contributed by atoms with Crippen molar-refractivity contribution in [1.82, 2.24) is 9.80 Å². The first-order valence-electron chi connectivity index (χ1n) is 7.75. The maximum atomic E-state index is 12.2. The van der Waals surface area contributed by atoms with Gasteiger partial charge in [-0.05, 0) is 25.0 Å². The van der Waals surface area contributed by atoms with Crippen molar-refractivity contribution >= 4 is 17.6 Å². The van der Waals surface area contributed by atoms with Gasteiger partial charge in [0.1, 0.15) is 6.10 Å². The second kappa shape index (κ2) is 6.79. The van der Waals surface area contributed by atoms with E-state index in [-0.39, 0.29) is 18.0 Å². The first-order chi connectivity index (χ1) is 10.7. The minimum atomic E-state index is -0.273. The van der Waals surface area contributed by atoms with E-state index >= 15 is 0 Å². The summed E-state index contributed by atoms with van der Waals surface area (Å²) >= 11 is 0. The van der Waals surface area contributed by atoms with Crippen molar-refractivity contribution in [3.05, 3.63) is 30.3 Å². The molecule has 2 fully saturated rings. The highest BCUT2D eigenvalue weighted by Crippen LogP contribution is 2.16. The van der Waals surface area contributed by atoms with E-state index in [4.69, 9.17) is 4.74 Å². The van der Waals surface area contributed by atoms with Gasteiger partial charge in [-0.2, -0.15) is 0 Å². The zero-order chi connectivity index (χ0) is 15.4. The molecule has 3 rings (SSSR count). The summed E-state index contributed by atoms with van der Waals surface area (Å²) in [6.45, 7) is 2.92. The topological polar surface area (TPSA) is 61.9 Å². The van der Waals surface area contributed by atoms with Gasteiger partial charge in [-0.25, -0.2) is 4.79 Å². The van der Waals surface area contributed by atoms with Gasteiger partial charge in [0.2, 0.25) is 0 Å². The molecule has 6 heteroatoms. The lowest BCUT2D eigenvalue weighted by Gasteiger charge is -2.35. The molecule has 3 amide bonds. The van der Waals surface area contributed by atoms with Crippen LogP contribution in [0.25, 0.3) is 0 Å². The van der Waals surface area contributed by atoms with Crippen molar-refractivity contribution < 1.29 is 14.3 Å². The van der Waals surface area contributed by atoms with Crippen LogP contribution in [0, 0.1) is 0 Å². The standard InChI is InChI=1S/C16H21N3O3/c20-15(14-7-4-12-22-14)18-8-10-19(11-9-18)16(21)17-13-5-2-1-3-6-13/h1-3,5-6,14H,4,7-12H2,(H,17,21)/t14-/m0/s1. The molecule has 2 saturated heterocycles. The number of hydrogen-bond acceptors (Lipinski definition) is 3. The van der Waals surface area contributed by atoms with Crippen LogP contribution in [0.15, 0.2) is 30.3 Å². The number of benzene rings is 1. The lowest BCUT2D eigenvalue weighted by molar-refractivity contribution is -0.142. The van der Waals surface area contributed by atoms with Gasteiger partial charge in [-0.3, -0.25) is 4.79 Å². The molecule has 0 unspecified atom stereocenters. The molecular weight excluding hydrogens is 282 g/mol. The smallest absolute Gasteiger partial charge is 0.321 e. The number of piperazine rings is 1. The van der Waals surface area contributed by atoms with Gasteiger partial charge in [0.05, 0.1) is 0 Å². The van der Waals surface area contributed by atoms with Crippen molar-refractivity contribution in [3.63, 3.8) is 0 Å². The Balaban J connectivity index is 1.48. The third kappa shape index (κ3) is 3.39. The largest absolute Gasteiger partial charge is 0.368 e. The van der Waals surface area contributed by atoms with Crippen LogP contribution < -0.4 is 5.32 Å². The number of para-hydroxylation sites is 1. The molecule has 6 nitrogen and oxygen atoms in total. The van der Waals surface area contributed by atoms with Gasteiger partial charge in [0.25, 0.3) is 5.91 Å². The molecule has 2 aliphatic rings. The lowest BCUT2D eigenvalue weighted by atomic mass is 10.2. The number of ether oxygens (including phenoxy) is 1. The quantitative estimate of drug-likeness (QED) is 0.901. The monoisotopic (exact) mass is 303 g/mol. The summed E-state index contributed by atoms with van der Waals surface area (Å²) in [5.74, 6) is 0.0700. The Labute approximate surface area is 130 Å². The first kappa shape index (κ1) is 14.8. The van der Waals surface area contributed by atoms with E-state index in [1.165, 1.54) is 0 Å². The number of anilines is 1.